The van der Waals surface area contributed by atoms with Crippen LogP contribution < -0.4 is 11.5 Å². The number of hydrogen-bond acceptors (Lipinski definition) is 3. The molecular weight excluding hydrogens is 214 g/mol. The Bertz CT molecular complexity index is 178. The van der Waals surface area contributed by atoms with Gasteiger partial charge in [-0.25, -0.2) is 0 Å². The third-order valence-electron chi connectivity index (χ3n) is 1.14. The third kappa shape index (κ3) is 3.41. The largest absolute Gasteiger partial charge is 0.380 e. The summed E-state index contributed by atoms with van der Waals surface area (Å²) in [5.41, 5.74) is 6.85. The number of aromatic nitrogens is 2. The van der Waals surface area contributed by atoms with Gasteiger partial charge in [0.1, 0.15) is 7.28 Å². The van der Waals surface area contributed by atoms with Gasteiger partial charge in [-0.3, -0.25) is 0 Å². The van der Waals surface area contributed by atoms with Crippen molar-refractivity contribution in [2.24, 2.45) is 5.73 Å². The first-order chi connectivity index (χ1) is 4.86. The van der Waals surface area contributed by atoms with Crippen LogP contribution in [0.5, 0.6) is 0 Å². The Morgan fingerprint density at radius 2 is 2.45 bits per heavy atom. The van der Waals surface area contributed by atoms with E-state index in [0.717, 1.165) is 5.56 Å². The summed E-state index contributed by atoms with van der Waals surface area (Å²) in [7, 11) is 1.82. The SMILES string of the molecule is C[B]c1n[c-]c(CN)cn1.[Y]. The van der Waals surface area contributed by atoms with Crippen molar-refractivity contribution >= 4 is 13.0 Å². The summed E-state index contributed by atoms with van der Waals surface area (Å²) < 4.78 is 0. The molecule has 0 unspecified atom stereocenters. The zero-order valence-corrected chi connectivity index (χ0v) is 9.25. The summed E-state index contributed by atoms with van der Waals surface area (Å²) in [6, 6.07) is 0. The average molecular weight is 222 g/mol. The van der Waals surface area contributed by atoms with Crippen LogP contribution in [0.3, 0.4) is 0 Å². The third-order valence-corrected chi connectivity index (χ3v) is 1.14. The number of hydrogen-bond donors (Lipinski definition) is 1. The topological polar surface area (TPSA) is 51.8 Å². The normalized spacial score (nSPS) is 8.55. The van der Waals surface area contributed by atoms with Gasteiger partial charge in [0.2, 0.25) is 0 Å². The molecule has 0 saturated heterocycles. The van der Waals surface area contributed by atoms with Crippen molar-refractivity contribution in [3.63, 3.8) is 0 Å². The quantitative estimate of drug-likeness (QED) is 0.521. The molecule has 0 saturated carbocycles. The van der Waals surface area contributed by atoms with E-state index in [1.54, 1.807) is 6.20 Å². The second kappa shape index (κ2) is 5.81. The summed E-state index contributed by atoms with van der Waals surface area (Å²) in [4.78, 5) is 7.89. The molecule has 0 aliphatic heterocycles. The summed E-state index contributed by atoms with van der Waals surface area (Å²) in [5.74, 6) is 0. The predicted octanol–water partition coefficient (Wildman–Crippen LogP) is -0.889. The van der Waals surface area contributed by atoms with Gasteiger partial charge in [-0.1, -0.05) is 19.2 Å². The predicted molar refractivity (Wildman–Crippen MR) is 40.0 cm³/mol. The first-order valence-electron chi connectivity index (χ1n) is 3.10. The summed E-state index contributed by atoms with van der Waals surface area (Å²) in [5, 5.41) is 0. The van der Waals surface area contributed by atoms with Crippen LogP contribution in [0.1, 0.15) is 5.56 Å². The molecule has 2 N–H and O–H groups in total. The standard InChI is InChI=1S/C6H8BN3.Y/c1-7-6-9-3-5(2-8)4-10-6;/h3H,2,8H2,1H3;/q-1;. The van der Waals surface area contributed by atoms with Crippen molar-refractivity contribution in [3.8, 4) is 0 Å². The maximum absolute atomic E-state index is 5.32. The fourth-order valence-corrected chi connectivity index (χ4v) is 0.568. The van der Waals surface area contributed by atoms with E-state index >= 15 is 0 Å². The van der Waals surface area contributed by atoms with Gasteiger partial charge in [0.05, 0.1) is 0 Å². The Balaban J connectivity index is 0.000001000. The first kappa shape index (κ1) is 11.2. The van der Waals surface area contributed by atoms with E-state index in [0.29, 0.717) is 12.3 Å². The van der Waals surface area contributed by atoms with Gasteiger partial charge < -0.3 is 15.7 Å². The van der Waals surface area contributed by atoms with Gasteiger partial charge in [0.25, 0.3) is 0 Å². The van der Waals surface area contributed by atoms with Crippen LogP contribution in [-0.4, -0.2) is 17.2 Å². The van der Waals surface area contributed by atoms with Gasteiger partial charge in [0, 0.05) is 32.7 Å². The van der Waals surface area contributed by atoms with E-state index in [4.69, 9.17) is 5.73 Å². The van der Waals surface area contributed by atoms with Crippen LogP contribution >= 0.6 is 0 Å². The van der Waals surface area contributed by atoms with Gasteiger partial charge >= 0.3 is 0 Å². The summed E-state index contributed by atoms with van der Waals surface area (Å²) >= 11 is 0. The molecule has 0 amide bonds. The Morgan fingerprint density at radius 3 is 2.82 bits per heavy atom. The van der Waals surface area contributed by atoms with E-state index in [-0.39, 0.29) is 32.7 Å². The van der Waals surface area contributed by atoms with Gasteiger partial charge in [-0.15, -0.1) is 5.56 Å². The van der Waals surface area contributed by atoms with E-state index in [9.17, 15) is 0 Å². The Morgan fingerprint density at radius 1 is 1.73 bits per heavy atom. The molecule has 0 aliphatic rings. The van der Waals surface area contributed by atoms with Crippen molar-refractivity contribution in [2.45, 2.75) is 13.4 Å². The van der Waals surface area contributed by atoms with Crippen molar-refractivity contribution in [3.05, 3.63) is 18.0 Å². The molecule has 0 bridgehead atoms. The van der Waals surface area contributed by atoms with Crippen molar-refractivity contribution in [1.29, 1.82) is 0 Å². The van der Waals surface area contributed by atoms with Crippen LogP contribution in [0.2, 0.25) is 6.82 Å². The Hall–Kier alpha value is 0.209. The number of rotatable bonds is 2. The maximum Gasteiger partial charge on any atom is 0.113 e. The van der Waals surface area contributed by atoms with Crippen LogP contribution in [0.25, 0.3) is 0 Å². The number of nitrogens with two attached hydrogens (primary N) is 1. The Labute approximate surface area is 92.3 Å². The minimum absolute atomic E-state index is 0. The zero-order valence-electron chi connectivity index (χ0n) is 6.41. The maximum atomic E-state index is 5.32. The fourth-order valence-electron chi connectivity index (χ4n) is 0.568. The molecule has 0 atom stereocenters. The molecule has 1 heterocycles. The van der Waals surface area contributed by atoms with E-state index < -0.39 is 0 Å². The van der Waals surface area contributed by atoms with Crippen molar-refractivity contribution < 1.29 is 32.7 Å². The molecule has 54 valence electrons. The molecule has 1 aromatic rings. The molecule has 1 rings (SSSR count). The van der Waals surface area contributed by atoms with Gasteiger partial charge in [-0.2, -0.15) is 0 Å². The van der Waals surface area contributed by atoms with Crippen LogP contribution in [0.15, 0.2) is 6.20 Å². The molecule has 0 spiro atoms. The smallest absolute Gasteiger partial charge is 0.113 e. The molecule has 3 nitrogen and oxygen atoms in total. The van der Waals surface area contributed by atoms with Crippen molar-refractivity contribution in [1.82, 2.24) is 9.97 Å². The molecule has 1 aromatic heterocycles. The monoisotopic (exact) mass is 222 g/mol. The molecular formula is C6H8BN3Y-. The molecule has 11 heavy (non-hydrogen) atoms. The van der Waals surface area contributed by atoms with Crippen LogP contribution in [-0.2, 0) is 39.3 Å². The Kier molecular flexibility index (Phi) is 5.92. The average Bonchev–Trinajstić information content (AvgIpc) is 2.05. The van der Waals surface area contributed by atoms with Gasteiger partial charge in [0.15, 0.2) is 0 Å². The fraction of sp³-hybridized carbons (Fsp3) is 0.333. The van der Waals surface area contributed by atoms with E-state index in [1.165, 1.54) is 0 Å². The molecule has 0 aliphatic carbocycles. The minimum Gasteiger partial charge on any atom is -0.380 e. The van der Waals surface area contributed by atoms with Crippen molar-refractivity contribution in [2.75, 3.05) is 0 Å². The minimum atomic E-state index is 0. The zero-order chi connectivity index (χ0) is 7.40. The second-order valence-corrected chi connectivity index (χ2v) is 1.86. The molecule has 0 fully saturated rings. The summed E-state index contributed by atoms with van der Waals surface area (Å²) in [6.45, 7) is 2.33. The number of nitrogens with zero attached hydrogens (tertiary/aromatic N) is 2. The van der Waals surface area contributed by atoms with Crippen LogP contribution in [0.4, 0.5) is 0 Å². The molecule has 2 radical (unpaired) electrons. The van der Waals surface area contributed by atoms with Gasteiger partial charge in [-0.05, 0) is 12.3 Å². The van der Waals surface area contributed by atoms with E-state index in [2.05, 4.69) is 16.2 Å². The molecule has 5 heteroatoms. The van der Waals surface area contributed by atoms with Crippen LogP contribution in [0, 0.1) is 6.20 Å². The molecule has 0 aromatic carbocycles. The summed E-state index contributed by atoms with van der Waals surface area (Å²) in [6.07, 6.45) is 4.45. The van der Waals surface area contributed by atoms with E-state index in [1.807, 2.05) is 14.1 Å². The first-order valence-corrected chi connectivity index (χ1v) is 3.10. The second-order valence-electron chi connectivity index (χ2n) is 1.86.